The highest BCUT2D eigenvalue weighted by Crippen LogP contribution is 2.61. The first kappa shape index (κ1) is 29.9. The average Bonchev–Trinajstić information content (AvgIpc) is 3.38. The molecule has 2 nitrogen and oxygen atoms in total. The quantitative estimate of drug-likeness (QED) is 0.179. The molecule has 50 heavy (non-hydrogen) atoms. The van der Waals surface area contributed by atoms with Crippen LogP contribution in [0.25, 0.3) is 33.5 Å². The van der Waals surface area contributed by atoms with Crippen molar-refractivity contribution < 1.29 is 0 Å². The highest BCUT2D eigenvalue weighted by Gasteiger charge is 2.51. The van der Waals surface area contributed by atoms with Gasteiger partial charge in [-0.1, -0.05) is 111 Å². The molecule has 0 N–H and O–H groups in total. The van der Waals surface area contributed by atoms with Gasteiger partial charge in [0.05, 0.1) is 17.6 Å². The van der Waals surface area contributed by atoms with Gasteiger partial charge in [0, 0.05) is 22.4 Å². The van der Waals surface area contributed by atoms with Gasteiger partial charge in [0.25, 0.3) is 0 Å². The molecule has 0 atom stereocenters. The van der Waals surface area contributed by atoms with E-state index in [-0.39, 0.29) is 5.41 Å². The molecule has 5 aromatic carbocycles. The van der Waals surface area contributed by atoms with E-state index in [4.69, 9.17) is 4.98 Å². The Morgan fingerprint density at radius 2 is 1.10 bits per heavy atom. The highest BCUT2D eigenvalue weighted by molar-refractivity contribution is 5.86. The molecule has 11 rings (SSSR count). The Labute approximate surface area is 296 Å². The van der Waals surface area contributed by atoms with Crippen LogP contribution in [0.15, 0.2) is 140 Å². The Bertz CT molecular complexity index is 2160. The van der Waals surface area contributed by atoms with Gasteiger partial charge in [0.2, 0.25) is 0 Å². The topological polar surface area (TPSA) is 16.1 Å². The number of hydrogen-bond acceptors (Lipinski definition) is 2. The number of hydrogen-bond donors (Lipinski definition) is 0. The number of benzene rings is 5. The molecule has 246 valence electrons. The van der Waals surface area contributed by atoms with Crippen LogP contribution in [0.2, 0.25) is 0 Å². The van der Waals surface area contributed by atoms with E-state index in [1.54, 1.807) is 5.56 Å². The largest absolute Gasteiger partial charge is 0.309 e. The molecule has 0 saturated heterocycles. The Hall–Kier alpha value is -4.95. The summed E-state index contributed by atoms with van der Waals surface area (Å²) in [6.45, 7) is 4.70. The first-order valence-electron chi connectivity index (χ1n) is 18.7. The molecule has 0 amide bonds. The van der Waals surface area contributed by atoms with Crippen molar-refractivity contribution >= 4 is 17.1 Å². The average molecular weight is 649 g/mol. The normalized spacial score (nSPS) is 23.8. The van der Waals surface area contributed by atoms with Crippen LogP contribution in [0.5, 0.6) is 0 Å². The number of fused-ring (bicyclic) bond motifs is 3. The number of pyridine rings is 1. The zero-order valence-corrected chi connectivity index (χ0v) is 29.1. The Kier molecular flexibility index (Phi) is 6.75. The van der Waals surface area contributed by atoms with Gasteiger partial charge in [-0.3, -0.25) is 4.98 Å². The lowest BCUT2D eigenvalue weighted by Gasteiger charge is -2.57. The van der Waals surface area contributed by atoms with Crippen LogP contribution in [0.1, 0.15) is 69.1 Å². The molecule has 6 aromatic rings. The molecule has 0 spiro atoms. The molecule has 0 aliphatic heterocycles. The lowest BCUT2D eigenvalue weighted by molar-refractivity contribution is -0.00518. The van der Waals surface area contributed by atoms with Crippen molar-refractivity contribution in [2.45, 2.75) is 63.2 Å². The molecule has 0 radical (unpaired) electrons. The standard InChI is InChI=1S/C48H44N2/c1-47(2)44-11-7-6-10-42(44)43-22-20-40(27-45(43)47)50(41-21-23-46(49-31-41)37-8-4-3-5-9-37)39-18-14-36(15-19-39)35-12-16-38(17-13-35)48-28-32-24-33(29-48)26-34(25-32)30-48/h3-23,27,31-34H,24-26,28-30H2,1-2H3. The molecule has 2 heteroatoms. The molecule has 4 saturated carbocycles. The van der Waals surface area contributed by atoms with Gasteiger partial charge in [-0.15, -0.1) is 0 Å². The second-order valence-electron chi connectivity index (χ2n) is 16.3. The third-order valence-corrected chi connectivity index (χ3v) is 12.9. The zero-order chi connectivity index (χ0) is 33.5. The second kappa shape index (κ2) is 11.3. The van der Waals surface area contributed by atoms with Crippen molar-refractivity contribution in [2.75, 3.05) is 4.90 Å². The fourth-order valence-electron chi connectivity index (χ4n) is 10.9. The lowest BCUT2D eigenvalue weighted by atomic mass is 9.48. The van der Waals surface area contributed by atoms with E-state index in [0.29, 0.717) is 5.41 Å². The minimum atomic E-state index is -0.0742. The molecular weight excluding hydrogens is 605 g/mol. The maximum atomic E-state index is 4.95. The Morgan fingerprint density at radius 3 is 1.76 bits per heavy atom. The molecular formula is C48H44N2. The summed E-state index contributed by atoms with van der Waals surface area (Å²) in [5.74, 6) is 2.90. The first-order chi connectivity index (χ1) is 24.4. The van der Waals surface area contributed by atoms with Crippen molar-refractivity contribution in [3.05, 3.63) is 156 Å². The molecule has 4 bridgehead atoms. The van der Waals surface area contributed by atoms with Crippen LogP contribution in [0.3, 0.4) is 0 Å². The number of nitrogens with zero attached hydrogens (tertiary/aromatic N) is 2. The van der Waals surface area contributed by atoms with Crippen LogP contribution in [0, 0.1) is 17.8 Å². The van der Waals surface area contributed by atoms with Crippen molar-refractivity contribution in [3.8, 4) is 33.5 Å². The van der Waals surface area contributed by atoms with Gasteiger partial charge in [-0.25, -0.2) is 0 Å². The van der Waals surface area contributed by atoms with Gasteiger partial charge in [0.15, 0.2) is 0 Å². The summed E-state index contributed by atoms with van der Waals surface area (Å²) < 4.78 is 0. The monoisotopic (exact) mass is 648 g/mol. The van der Waals surface area contributed by atoms with Gasteiger partial charge < -0.3 is 4.90 Å². The first-order valence-corrected chi connectivity index (χ1v) is 18.7. The van der Waals surface area contributed by atoms with Crippen molar-refractivity contribution in [2.24, 2.45) is 17.8 Å². The maximum absolute atomic E-state index is 4.95. The molecule has 5 aliphatic carbocycles. The fourth-order valence-corrected chi connectivity index (χ4v) is 10.9. The number of rotatable bonds is 6. The Morgan fingerprint density at radius 1 is 0.520 bits per heavy atom. The van der Waals surface area contributed by atoms with Crippen LogP contribution in [-0.4, -0.2) is 4.98 Å². The SMILES string of the molecule is CC1(C)c2ccccc2-c2ccc(N(c3ccc(-c4ccc(C56CC7CC(CC(C7)C5)C6)cc4)cc3)c3ccc(-c4ccccc4)nc3)cc21. The zero-order valence-electron chi connectivity index (χ0n) is 29.1. The van der Waals surface area contributed by atoms with Gasteiger partial charge >= 0.3 is 0 Å². The molecule has 1 aromatic heterocycles. The van der Waals surface area contributed by atoms with E-state index in [9.17, 15) is 0 Å². The minimum Gasteiger partial charge on any atom is -0.309 e. The third kappa shape index (κ3) is 4.79. The van der Waals surface area contributed by atoms with E-state index in [0.717, 1.165) is 46.1 Å². The van der Waals surface area contributed by atoms with E-state index in [1.165, 1.54) is 71.9 Å². The van der Waals surface area contributed by atoms with Gasteiger partial charge in [0.1, 0.15) is 0 Å². The highest BCUT2D eigenvalue weighted by atomic mass is 15.1. The fraction of sp³-hybridized carbons (Fsp3) is 0.271. The van der Waals surface area contributed by atoms with Crippen LogP contribution >= 0.6 is 0 Å². The maximum Gasteiger partial charge on any atom is 0.0703 e. The molecule has 4 fully saturated rings. The minimum absolute atomic E-state index is 0.0742. The van der Waals surface area contributed by atoms with Crippen LogP contribution in [0.4, 0.5) is 17.1 Å². The molecule has 1 heterocycles. The summed E-state index contributed by atoms with van der Waals surface area (Å²) in [5.41, 5.74) is 15.4. The van der Waals surface area contributed by atoms with E-state index in [2.05, 4.69) is 152 Å². The number of aromatic nitrogens is 1. The smallest absolute Gasteiger partial charge is 0.0703 e. The van der Waals surface area contributed by atoms with Gasteiger partial charge in [-0.05, 0) is 137 Å². The molecule has 0 unspecified atom stereocenters. The van der Waals surface area contributed by atoms with Crippen molar-refractivity contribution in [3.63, 3.8) is 0 Å². The van der Waals surface area contributed by atoms with Crippen molar-refractivity contribution in [1.29, 1.82) is 0 Å². The Balaban J connectivity index is 0.999. The molecule has 5 aliphatic rings. The summed E-state index contributed by atoms with van der Waals surface area (Å²) >= 11 is 0. The summed E-state index contributed by atoms with van der Waals surface area (Å²) in [6, 6.07) is 49.5. The van der Waals surface area contributed by atoms with Crippen LogP contribution < -0.4 is 4.90 Å². The van der Waals surface area contributed by atoms with Crippen LogP contribution in [-0.2, 0) is 10.8 Å². The van der Waals surface area contributed by atoms with E-state index >= 15 is 0 Å². The lowest BCUT2D eigenvalue weighted by Crippen LogP contribution is -2.48. The summed E-state index contributed by atoms with van der Waals surface area (Å²) in [5, 5.41) is 0. The van der Waals surface area contributed by atoms with E-state index < -0.39 is 0 Å². The number of anilines is 3. The summed E-state index contributed by atoms with van der Waals surface area (Å²) in [6.07, 6.45) is 10.7. The van der Waals surface area contributed by atoms with Crippen molar-refractivity contribution in [1.82, 2.24) is 4.98 Å². The summed E-state index contributed by atoms with van der Waals surface area (Å²) in [4.78, 5) is 7.32. The second-order valence-corrected chi connectivity index (χ2v) is 16.3. The third-order valence-electron chi connectivity index (χ3n) is 12.9. The predicted molar refractivity (Wildman–Crippen MR) is 207 cm³/mol. The van der Waals surface area contributed by atoms with Gasteiger partial charge in [-0.2, -0.15) is 0 Å². The van der Waals surface area contributed by atoms with E-state index in [1.807, 2.05) is 6.20 Å². The summed E-state index contributed by atoms with van der Waals surface area (Å²) in [7, 11) is 0. The predicted octanol–water partition coefficient (Wildman–Crippen LogP) is 12.7.